The van der Waals surface area contributed by atoms with E-state index < -0.39 is 0 Å². The van der Waals surface area contributed by atoms with Gasteiger partial charge in [-0.05, 0) is 26.0 Å². The lowest BCUT2D eigenvalue weighted by Gasteiger charge is -2.11. The normalized spacial score (nSPS) is 10.9. The number of carbonyl (C=O) groups excluding carboxylic acids is 1. The van der Waals surface area contributed by atoms with Crippen LogP contribution >= 0.6 is 0 Å². The number of imidazole rings is 1. The Kier molecular flexibility index (Phi) is 4.42. The van der Waals surface area contributed by atoms with Crippen molar-refractivity contribution in [1.29, 1.82) is 0 Å². The molecule has 2 heterocycles. The molecule has 0 spiro atoms. The number of hydrogen-bond acceptors (Lipinski definition) is 4. The van der Waals surface area contributed by atoms with Crippen LogP contribution in [0.1, 0.15) is 13.8 Å². The van der Waals surface area contributed by atoms with E-state index in [0.717, 1.165) is 0 Å². The van der Waals surface area contributed by atoms with Gasteiger partial charge in [-0.2, -0.15) is 0 Å². The molecule has 2 amide bonds. The molecule has 0 aliphatic carbocycles. The molecule has 0 fully saturated rings. The first-order valence-corrected chi connectivity index (χ1v) is 7.83. The maximum Gasteiger partial charge on any atom is 0.327 e. The van der Waals surface area contributed by atoms with Crippen LogP contribution < -0.4 is 21.1 Å². The van der Waals surface area contributed by atoms with Gasteiger partial charge in [0.15, 0.2) is 11.4 Å². The monoisotopic (exact) mass is 341 g/mol. The molecule has 3 N–H and O–H groups in total. The molecule has 1 aromatic carbocycles. The van der Waals surface area contributed by atoms with Gasteiger partial charge in [0, 0.05) is 37.1 Å². The SMILES string of the molecule is CC(C)NC(=O)Nc1cccc(Oc2ccnc3c2[nH]c(=O)n3C)c1. The number of nitrogens with zero attached hydrogens (tertiary/aromatic N) is 2. The van der Waals surface area contributed by atoms with Crippen molar-refractivity contribution < 1.29 is 9.53 Å². The van der Waals surface area contributed by atoms with Crippen molar-refractivity contribution in [2.75, 3.05) is 5.32 Å². The molecule has 0 saturated heterocycles. The quantitative estimate of drug-likeness (QED) is 0.679. The summed E-state index contributed by atoms with van der Waals surface area (Å²) in [6, 6.07) is 8.42. The van der Waals surface area contributed by atoms with Gasteiger partial charge in [-0.25, -0.2) is 14.6 Å². The molecule has 0 atom stereocenters. The summed E-state index contributed by atoms with van der Waals surface area (Å²) in [4.78, 5) is 30.5. The largest absolute Gasteiger partial charge is 0.455 e. The average Bonchev–Trinajstić information content (AvgIpc) is 2.83. The number of aromatic nitrogens is 3. The lowest BCUT2D eigenvalue weighted by molar-refractivity contribution is 0.250. The summed E-state index contributed by atoms with van der Waals surface area (Å²) in [5.41, 5.74) is 1.36. The van der Waals surface area contributed by atoms with Gasteiger partial charge < -0.3 is 20.4 Å². The summed E-state index contributed by atoms with van der Waals surface area (Å²) in [6.07, 6.45) is 1.57. The first-order valence-electron chi connectivity index (χ1n) is 7.83. The van der Waals surface area contributed by atoms with Crippen LogP contribution in [0, 0.1) is 0 Å². The van der Waals surface area contributed by atoms with Crippen molar-refractivity contribution in [3.05, 3.63) is 47.0 Å². The molecule has 0 unspecified atom stereocenters. The van der Waals surface area contributed by atoms with Crippen LogP contribution in [-0.2, 0) is 7.05 Å². The molecule has 8 heteroatoms. The van der Waals surface area contributed by atoms with Crippen LogP contribution in [0.5, 0.6) is 11.5 Å². The Morgan fingerprint density at radius 3 is 2.88 bits per heavy atom. The summed E-state index contributed by atoms with van der Waals surface area (Å²) in [5, 5.41) is 5.50. The highest BCUT2D eigenvalue weighted by Crippen LogP contribution is 2.28. The van der Waals surface area contributed by atoms with E-state index in [0.29, 0.717) is 28.4 Å². The molecule has 2 aromatic heterocycles. The highest BCUT2D eigenvalue weighted by Gasteiger charge is 2.11. The number of hydrogen-bond donors (Lipinski definition) is 3. The highest BCUT2D eigenvalue weighted by molar-refractivity contribution is 5.89. The third-order valence-corrected chi connectivity index (χ3v) is 3.49. The number of H-pyrrole nitrogens is 1. The fraction of sp³-hybridized carbons (Fsp3) is 0.235. The number of benzene rings is 1. The molecule has 8 nitrogen and oxygen atoms in total. The minimum absolute atomic E-state index is 0.0411. The van der Waals surface area contributed by atoms with Gasteiger partial charge >= 0.3 is 11.7 Å². The zero-order chi connectivity index (χ0) is 18.0. The number of anilines is 1. The number of fused-ring (bicyclic) bond motifs is 1. The average molecular weight is 341 g/mol. The molecule has 3 rings (SSSR count). The van der Waals surface area contributed by atoms with Gasteiger partial charge in [-0.3, -0.25) is 4.57 Å². The molecule has 0 bridgehead atoms. The van der Waals surface area contributed by atoms with Crippen molar-refractivity contribution in [3.8, 4) is 11.5 Å². The van der Waals surface area contributed by atoms with E-state index in [9.17, 15) is 9.59 Å². The number of pyridine rings is 1. The van der Waals surface area contributed by atoms with E-state index in [2.05, 4.69) is 20.6 Å². The molecule has 3 aromatic rings. The van der Waals surface area contributed by atoms with Crippen LogP contribution in [0.2, 0.25) is 0 Å². The number of carbonyl (C=O) groups is 1. The smallest absolute Gasteiger partial charge is 0.327 e. The van der Waals surface area contributed by atoms with Gasteiger partial charge in [0.25, 0.3) is 0 Å². The van der Waals surface area contributed by atoms with Gasteiger partial charge in [0.2, 0.25) is 0 Å². The molecular formula is C17H19N5O3. The molecule has 0 saturated carbocycles. The van der Waals surface area contributed by atoms with Crippen LogP contribution in [0.4, 0.5) is 10.5 Å². The second-order valence-corrected chi connectivity index (χ2v) is 5.88. The number of aromatic amines is 1. The lowest BCUT2D eigenvalue weighted by atomic mass is 10.3. The summed E-state index contributed by atoms with van der Waals surface area (Å²) < 4.78 is 7.28. The van der Waals surface area contributed by atoms with Gasteiger partial charge in [-0.15, -0.1) is 0 Å². The molecule has 0 aliphatic rings. The van der Waals surface area contributed by atoms with Crippen LogP contribution in [-0.4, -0.2) is 26.6 Å². The number of urea groups is 1. The predicted octanol–water partition coefficient (Wildman–Crippen LogP) is 2.58. The fourth-order valence-corrected chi connectivity index (χ4v) is 2.37. The van der Waals surface area contributed by atoms with Crippen LogP contribution in [0.3, 0.4) is 0 Å². The Hall–Kier alpha value is -3.29. The first-order chi connectivity index (χ1) is 11.9. The standard InChI is InChI=1S/C17H19N5O3/c1-10(2)19-16(23)20-11-5-4-6-12(9-11)25-13-7-8-18-15-14(13)21-17(24)22(15)3/h4-10H,1-3H3,(H,21,24)(H2,19,20,23). The zero-order valence-electron chi connectivity index (χ0n) is 14.2. The Balaban J connectivity index is 1.84. The summed E-state index contributed by atoms with van der Waals surface area (Å²) in [6.45, 7) is 3.77. The number of nitrogens with one attached hydrogen (secondary N) is 3. The Labute approximate surface area is 143 Å². The fourth-order valence-electron chi connectivity index (χ4n) is 2.37. The maximum atomic E-state index is 11.8. The van der Waals surface area contributed by atoms with E-state index in [4.69, 9.17) is 4.74 Å². The van der Waals surface area contributed by atoms with E-state index in [1.54, 1.807) is 43.6 Å². The Bertz CT molecular complexity index is 974. The van der Waals surface area contributed by atoms with Gasteiger partial charge in [0.05, 0.1) is 0 Å². The van der Waals surface area contributed by atoms with E-state index in [1.165, 1.54) is 4.57 Å². The minimum atomic E-state index is -0.286. The second kappa shape index (κ2) is 6.68. The molecule has 0 radical (unpaired) electrons. The number of aryl methyl sites for hydroxylation is 1. The van der Waals surface area contributed by atoms with Crippen LogP contribution in [0.25, 0.3) is 11.2 Å². The van der Waals surface area contributed by atoms with Crippen molar-refractivity contribution in [1.82, 2.24) is 19.9 Å². The molecule has 25 heavy (non-hydrogen) atoms. The molecule has 130 valence electrons. The van der Waals surface area contributed by atoms with Crippen molar-refractivity contribution in [3.63, 3.8) is 0 Å². The maximum absolute atomic E-state index is 11.8. The van der Waals surface area contributed by atoms with E-state index >= 15 is 0 Å². The van der Waals surface area contributed by atoms with Gasteiger partial charge in [-0.1, -0.05) is 6.07 Å². The second-order valence-electron chi connectivity index (χ2n) is 5.88. The molecular weight excluding hydrogens is 322 g/mol. The number of amides is 2. The number of ether oxygens (including phenoxy) is 1. The summed E-state index contributed by atoms with van der Waals surface area (Å²) in [5.74, 6) is 1.01. The zero-order valence-corrected chi connectivity index (χ0v) is 14.2. The minimum Gasteiger partial charge on any atom is -0.455 e. The summed E-state index contributed by atoms with van der Waals surface area (Å²) in [7, 11) is 1.63. The molecule has 0 aliphatic heterocycles. The van der Waals surface area contributed by atoms with E-state index in [1.807, 2.05) is 13.8 Å². The predicted molar refractivity (Wildman–Crippen MR) is 95.1 cm³/mol. The third-order valence-electron chi connectivity index (χ3n) is 3.49. The van der Waals surface area contributed by atoms with Gasteiger partial charge in [0.1, 0.15) is 11.3 Å². The Morgan fingerprint density at radius 2 is 2.12 bits per heavy atom. The topological polar surface area (TPSA) is 101 Å². The lowest BCUT2D eigenvalue weighted by Crippen LogP contribution is -2.34. The van der Waals surface area contributed by atoms with E-state index in [-0.39, 0.29) is 17.8 Å². The third kappa shape index (κ3) is 3.63. The number of rotatable bonds is 4. The van der Waals surface area contributed by atoms with Crippen LogP contribution in [0.15, 0.2) is 41.3 Å². The Morgan fingerprint density at radius 1 is 1.32 bits per heavy atom. The van der Waals surface area contributed by atoms with Crippen molar-refractivity contribution >= 4 is 22.9 Å². The van der Waals surface area contributed by atoms with Crippen molar-refractivity contribution in [2.45, 2.75) is 19.9 Å². The summed E-state index contributed by atoms with van der Waals surface area (Å²) >= 11 is 0. The first kappa shape index (κ1) is 16.6. The highest BCUT2D eigenvalue weighted by atomic mass is 16.5. The van der Waals surface area contributed by atoms with Crippen molar-refractivity contribution in [2.24, 2.45) is 7.05 Å².